The molecule has 0 spiro atoms. The number of aromatic hydroxyl groups is 1. The molecular weight excluding hydrogens is 405 g/mol. The fourth-order valence-electron chi connectivity index (χ4n) is 1.78. The van der Waals surface area contributed by atoms with Crippen molar-refractivity contribution >= 4 is 57.8 Å². The van der Waals surface area contributed by atoms with Gasteiger partial charge in [-0.2, -0.15) is 0 Å². The maximum Gasteiger partial charge on any atom is 0.269 e. The molecule has 0 saturated heterocycles. The van der Waals surface area contributed by atoms with Gasteiger partial charge in [0.25, 0.3) is 11.6 Å². The summed E-state index contributed by atoms with van der Waals surface area (Å²) >= 11 is 16.6. The smallest absolute Gasteiger partial charge is 0.269 e. The van der Waals surface area contributed by atoms with Crippen LogP contribution >= 0.6 is 35.4 Å². The molecule has 2 aromatic rings. The van der Waals surface area contributed by atoms with Crippen LogP contribution in [-0.2, 0) is 4.79 Å². The molecule has 0 unspecified atom stereocenters. The number of benzene rings is 2. The molecule has 3 N–H and O–H groups in total. The van der Waals surface area contributed by atoms with Gasteiger partial charge in [0, 0.05) is 17.8 Å². The quantitative estimate of drug-likeness (QED) is 0.296. The number of halogens is 2. The molecule has 0 saturated carbocycles. The minimum Gasteiger partial charge on any atom is -0.505 e. The molecule has 2 rings (SSSR count). The van der Waals surface area contributed by atoms with Crippen LogP contribution in [0.3, 0.4) is 0 Å². The number of anilines is 1. The van der Waals surface area contributed by atoms with Gasteiger partial charge in [0.2, 0.25) is 0 Å². The van der Waals surface area contributed by atoms with Crippen LogP contribution in [0.2, 0.25) is 10.0 Å². The average Bonchev–Trinajstić information content (AvgIpc) is 2.58. The minimum atomic E-state index is -0.545. The van der Waals surface area contributed by atoms with Gasteiger partial charge in [-0.1, -0.05) is 23.2 Å². The van der Waals surface area contributed by atoms with Gasteiger partial charge in [-0.3, -0.25) is 20.2 Å². The number of hydrogen-bond donors (Lipinski definition) is 3. The highest BCUT2D eigenvalue weighted by Crippen LogP contribution is 2.34. The van der Waals surface area contributed by atoms with Crippen molar-refractivity contribution in [3.8, 4) is 11.5 Å². The first-order valence-electron chi connectivity index (χ1n) is 6.92. The van der Waals surface area contributed by atoms with Crippen LogP contribution in [0.5, 0.6) is 11.5 Å². The van der Waals surface area contributed by atoms with Gasteiger partial charge in [0.15, 0.2) is 17.5 Å². The fraction of sp³-hybridized carbons (Fsp3) is 0.0667. The van der Waals surface area contributed by atoms with Crippen molar-refractivity contribution in [2.24, 2.45) is 0 Å². The predicted octanol–water partition coefficient (Wildman–Crippen LogP) is 3.50. The van der Waals surface area contributed by atoms with Crippen molar-refractivity contribution in [3.05, 3.63) is 56.6 Å². The van der Waals surface area contributed by atoms with Crippen LogP contribution < -0.4 is 15.4 Å². The first kappa shape index (κ1) is 19.7. The number of nitrogens with zero attached hydrogens (tertiary/aromatic N) is 1. The van der Waals surface area contributed by atoms with Gasteiger partial charge in [-0.05, 0) is 36.5 Å². The SMILES string of the molecule is O=C(COc1ccc([N+](=O)[O-])cc1)NC(=S)Nc1cc(Cl)c(O)c(Cl)c1. The summed E-state index contributed by atoms with van der Waals surface area (Å²) < 4.78 is 5.21. The Balaban J connectivity index is 1.85. The largest absolute Gasteiger partial charge is 0.505 e. The number of carbonyl (C=O) groups is 1. The zero-order valence-corrected chi connectivity index (χ0v) is 15.2. The molecule has 0 aliphatic rings. The standard InChI is InChI=1S/C15H11Cl2N3O5S/c16-11-5-8(6-12(17)14(11)22)18-15(26)19-13(21)7-25-10-3-1-9(2-4-10)20(23)24/h1-6,22H,7H2,(H2,18,19,21,26). The Morgan fingerprint density at radius 1 is 1.23 bits per heavy atom. The number of amides is 1. The van der Waals surface area contributed by atoms with E-state index in [2.05, 4.69) is 10.6 Å². The number of nitro benzene ring substituents is 1. The van der Waals surface area contributed by atoms with Crippen LogP contribution in [0.25, 0.3) is 0 Å². The molecule has 11 heteroatoms. The Labute approximate surface area is 162 Å². The van der Waals surface area contributed by atoms with E-state index in [0.717, 1.165) is 0 Å². The molecule has 8 nitrogen and oxygen atoms in total. The van der Waals surface area contributed by atoms with Gasteiger partial charge in [0.1, 0.15) is 5.75 Å². The van der Waals surface area contributed by atoms with Crippen molar-refractivity contribution in [2.75, 3.05) is 11.9 Å². The normalized spacial score (nSPS) is 10.1. The topological polar surface area (TPSA) is 114 Å². The zero-order valence-electron chi connectivity index (χ0n) is 12.9. The second-order valence-corrected chi connectivity index (χ2v) is 6.05. The maximum atomic E-state index is 11.8. The lowest BCUT2D eigenvalue weighted by molar-refractivity contribution is -0.384. The van der Waals surface area contributed by atoms with Gasteiger partial charge in [-0.15, -0.1) is 0 Å². The van der Waals surface area contributed by atoms with Gasteiger partial charge >= 0.3 is 0 Å². The van der Waals surface area contributed by atoms with Crippen LogP contribution in [0.15, 0.2) is 36.4 Å². The molecule has 0 atom stereocenters. The Bertz CT molecular complexity index is 838. The lowest BCUT2D eigenvalue weighted by Crippen LogP contribution is -2.37. The average molecular weight is 416 g/mol. The van der Waals surface area contributed by atoms with E-state index in [9.17, 15) is 20.0 Å². The van der Waals surface area contributed by atoms with Crippen LogP contribution in [-0.4, -0.2) is 27.7 Å². The molecule has 0 fully saturated rings. The summed E-state index contributed by atoms with van der Waals surface area (Å²) in [5, 5.41) is 25.1. The number of phenols is 1. The number of nitro groups is 1. The third-order valence-electron chi connectivity index (χ3n) is 2.95. The lowest BCUT2D eigenvalue weighted by atomic mass is 10.3. The number of rotatable bonds is 5. The molecular formula is C15H11Cl2N3O5S. The third-order valence-corrected chi connectivity index (χ3v) is 3.73. The number of non-ortho nitro benzene ring substituents is 1. The fourth-order valence-corrected chi connectivity index (χ4v) is 2.49. The third kappa shape index (κ3) is 5.45. The molecule has 0 radical (unpaired) electrons. The first-order valence-corrected chi connectivity index (χ1v) is 8.09. The number of ether oxygens (including phenoxy) is 1. The van der Waals surface area contributed by atoms with Crippen molar-refractivity contribution < 1.29 is 19.6 Å². The summed E-state index contributed by atoms with van der Waals surface area (Å²) in [5.74, 6) is -0.510. The van der Waals surface area contributed by atoms with Crippen LogP contribution in [0, 0.1) is 10.1 Å². The number of carbonyl (C=O) groups excluding carboxylic acids is 1. The van der Waals surface area contributed by atoms with E-state index in [1.54, 1.807) is 0 Å². The Kier molecular flexibility index (Phi) is 6.56. The summed E-state index contributed by atoms with van der Waals surface area (Å²) in [4.78, 5) is 21.8. The first-order chi connectivity index (χ1) is 12.3. The van der Waals surface area contributed by atoms with E-state index >= 15 is 0 Å². The second-order valence-electron chi connectivity index (χ2n) is 4.83. The van der Waals surface area contributed by atoms with Crippen molar-refractivity contribution in [1.29, 1.82) is 0 Å². The molecule has 1 amide bonds. The Morgan fingerprint density at radius 2 is 1.81 bits per heavy atom. The molecule has 0 aliphatic heterocycles. The van der Waals surface area contributed by atoms with Gasteiger partial charge in [0.05, 0.1) is 15.0 Å². The molecule has 0 aliphatic carbocycles. The van der Waals surface area contributed by atoms with E-state index < -0.39 is 10.8 Å². The number of phenolic OH excluding ortho intramolecular Hbond substituents is 1. The molecule has 136 valence electrons. The predicted molar refractivity (Wildman–Crippen MR) is 101 cm³/mol. The summed E-state index contributed by atoms with van der Waals surface area (Å²) in [6, 6.07) is 8.05. The number of nitrogens with one attached hydrogen (secondary N) is 2. The van der Waals surface area contributed by atoms with E-state index in [4.69, 9.17) is 40.2 Å². The Morgan fingerprint density at radius 3 is 2.35 bits per heavy atom. The zero-order chi connectivity index (χ0) is 19.3. The number of hydrogen-bond acceptors (Lipinski definition) is 6. The number of thiocarbonyl (C=S) groups is 1. The lowest BCUT2D eigenvalue weighted by Gasteiger charge is -2.11. The molecule has 0 heterocycles. The highest BCUT2D eigenvalue weighted by molar-refractivity contribution is 7.80. The van der Waals surface area contributed by atoms with Gasteiger partial charge in [-0.25, -0.2) is 0 Å². The maximum absolute atomic E-state index is 11.8. The summed E-state index contributed by atoms with van der Waals surface area (Å²) in [6.07, 6.45) is 0. The molecule has 0 bridgehead atoms. The van der Waals surface area contributed by atoms with Gasteiger partial charge < -0.3 is 15.2 Å². The van der Waals surface area contributed by atoms with Crippen molar-refractivity contribution in [1.82, 2.24) is 5.32 Å². The second kappa shape index (κ2) is 8.65. The highest BCUT2D eigenvalue weighted by Gasteiger charge is 2.10. The van der Waals surface area contributed by atoms with E-state index in [0.29, 0.717) is 11.4 Å². The molecule has 0 aromatic heterocycles. The van der Waals surface area contributed by atoms with E-state index in [1.807, 2.05) is 0 Å². The van der Waals surface area contributed by atoms with E-state index in [1.165, 1.54) is 36.4 Å². The van der Waals surface area contributed by atoms with E-state index in [-0.39, 0.29) is 33.2 Å². The summed E-state index contributed by atoms with van der Waals surface area (Å²) in [7, 11) is 0. The van der Waals surface area contributed by atoms with Crippen LogP contribution in [0.1, 0.15) is 0 Å². The summed E-state index contributed by atoms with van der Waals surface area (Å²) in [6.45, 7) is -0.350. The molecule has 26 heavy (non-hydrogen) atoms. The monoisotopic (exact) mass is 415 g/mol. The van der Waals surface area contributed by atoms with Crippen LogP contribution in [0.4, 0.5) is 11.4 Å². The van der Waals surface area contributed by atoms with Crippen molar-refractivity contribution in [3.63, 3.8) is 0 Å². The highest BCUT2D eigenvalue weighted by atomic mass is 35.5. The van der Waals surface area contributed by atoms with Crippen molar-refractivity contribution in [2.45, 2.75) is 0 Å². The Hall–Kier alpha value is -2.62. The molecule has 2 aromatic carbocycles. The minimum absolute atomic E-state index is 0.0237. The summed E-state index contributed by atoms with van der Waals surface area (Å²) in [5.41, 5.74) is 0.290.